The molecule has 2 saturated carbocycles. The van der Waals surface area contributed by atoms with Crippen molar-refractivity contribution in [3.63, 3.8) is 0 Å². The maximum absolute atomic E-state index is 12.8. The Morgan fingerprint density at radius 1 is 0.914 bits per heavy atom. The monoisotopic (exact) mass is 518 g/mol. The molecule has 0 aromatic heterocycles. The fourth-order valence-electron chi connectivity index (χ4n) is 3.84. The minimum atomic E-state index is -4.10. The maximum atomic E-state index is 12.8. The minimum Gasteiger partial charge on any atom is -0.480 e. The van der Waals surface area contributed by atoms with Gasteiger partial charge in [0.1, 0.15) is 6.04 Å². The highest BCUT2D eigenvalue weighted by Gasteiger charge is 2.41. The van der Waals surface area contributed by atoms with Gasteiger partial charge in [0.05, 0.1) is 4.90 Å². The molecule has 2 aliphatic carbocycles. The van der Waals surface area contributed by atoms with Crippen molar-refractivity contribution in [2.75, 3.05) is 6.54 Å². The highest BCUT2D eigenvalue weighted by atomic mass is 35.5. The van der Waals surface area contributed by atoms with Crippen LogP contribution in [0.3, 0.4) is 0 Å². The number of carbonyl (C=O) groups is 3. The molecule has 2 amide bonds. The minimum absolute atomic E-state index is 0.0518. The number of nitrogens with one attached hydrogen (secondary N) is 1. The zero-order chi connectivity index (χ0) is 25.2. The topological polar surface area (TPSA) is 121 Å². The Bertz CT molecular complexity index is 1180. The normalized spacial score (nSPS) is 16.5. The number of carboxylic acid groups (broad SMARTS) is 1. The Balaban J connectivity index is 1.38. The van der Waals surface area contributed by atoms with Gasteiger partial charge in [0, 0.05) is 23.4 Å². The molecular weight excluding hydrogens is 492 g/mol. The number of carbonyl (C=O) groups excluding carboxylic acids is 2. The van der Waals surface area contributed by atoms with Crippen molar-refractivity contribution in [3.05, 3.63) is 53.6 Å². The van der Waals surface area contributed by atoms with E-state index in [-0.39, 0.29) is 47.9 Å². The number of sulfonamides is 1. The first-order valence-corrected chi connectivity index (χ1v) is 13.5. The summed E-state index contributed by atoms with van der Waals surface area (Å²) in [6.07, 6.45) is 3.20. The van der Waals surface area contributed by atoms with Crippen LogP contribution in [0.15, 0.2) is 53.4 Å². The summed E-state index contributed by atoms with van der Waals surface area (Å²) in [6, 6.07) is 11.8. The molecule has 0 radical (unpaired) electrons. The van der Waals surface area contributed by atoms with Crippen LogP contribution in [0.5, 0.6) is 0 Å². The molecule has 4 rings (SSSR count). The fourth-order valence-corrected chi connectivity index (χ4v) is 5.19. The predicted octanol–water partition coefficient (Wildman–Crippen LogP) is 3.69. The van der Waals surface area contributed by atoms with E-state index < -0.39 is 22.0 Å². The third-order valence-corrected chi connectivity index (χ3v) is 7.94. The van der Waals surface area contributed by atoms with E-state index >= 15 is 0 Å². The summed E-state index contributed by atoms with van der Waals surface area (Å²) < 4.78 is 27.9. The van der Waals surface area contributed by atoms with E-state index in [1.54, 1.807) is 24.3 Å². The van der Waals surface area contributed by atoms with Crippen LogP contribution in [0.25, 0.3) is 11.1 Å². The second-order valence-corrected chi connectivity index (χ2v) is 11.2. The summed E-state index contributed by atoms with van der Waals surface area (Å²) in [4.78, 5) is 38.0. The molecule has 10 heteroatoms. The lowest BCUT2D eigenvalue weighted by molar-refractivity contribution is -0.146. The second kappa shape index (κ2) is 10.5. The molecule has 2 fully saturated rings. The number of hydrogen-bond donors (Lipinski definition) is 2. The van der Waals surface area contributed by atoms with Gasteiger partial charge in [-0.05, 0) is 73.9 Å². The number of aliphatic carboxylic acids is 1. The van der Waals surface area contributed by atoms with Crippen LogP contribution in [0.1, 0.15) is 38.5 Å². The number of hydrogen-bond acceptors (Lipinski definition) is 5. The largest absolute Gasteiger partial charge is 0.480 e. The Kier molecular flexibility index (Phi) is 7.59. The third kappa shape index (κ3) is 6.48. The third-order valence-electron chi connectivity index (χ3n) is 6.20. The van der Waals surface area contributed by atoms with Crippen molar-refractivity contribution in [2.24, 2.45) is 11.8 Å². The number of rotatable bonds is 11. The first kappa shape index (κ1) is 25.3. The molecule has 0 spiro atoms. The van der Waals surface area contributed by atoms with E-state index in [2.05, 4.69) is 4.72 Å². The molecule has 8 nitrogen and oxygen atoms in total. The first-order chi connectivity index (χ1) is 16.7. The average molecular weight is 519 g/mol. The number of benzene rings is 2. The molecule has 186 valence electrons. The van der Waals surface area contributed by atoms with Gasteiger partial charge in [-0.15, -0.1) is 0 Å². The Morgan fingerprint density at radius 2 is 1.40 bits per heavy atom. The first-order valence-electron chi connectivity index (χ1n) is 11.6. The Morgan fingerprint density at radius 3 is 1.86 bits per heavy atom. The van der Waals surface area contributed by atoms with Gasteiger partial charge in [-0.1, -0.05) is 35.9 Å². The smallest absolute Gasteiger partial charge is 0.321 e. The predicted molar refractivity (Wildman–Crippen MR) is 130 cm³/mol. The van der Waals surface area contributed by atoms with E-state index in [9.17, 15) is 27.9 Å². The summed E-state index contributed by atoms with van der Waals surface area (Å²) in [6.45, 7) is 0.0892. The SMILES string of the molecule is O=C(O)[C@H](CCCN(C(=O)C1CC1)C(=O)C1CC1)NS(=O)(=O)c1ccc(-c2ccc(Cl)cc2)cc1. The van der Waals surface area contributed by atoms with Crippen LogP contribution in [-0.4, -0.2) is 48.8 Å². The summed E-state index contributed by atoms with van der Waals surface area (Å²) in [7, 11) is -4.10. The van der Waals surface area contributed by atoms with Gasteiger partial charge in [0.2, 0.25) is 21.8 Å². The van der Waals surface area contributed by atoms with Gasteiger partial charge in [0.25, 0.3) is 0 Å². The lowest BCUT2D eigenvalue weighted by Gasteiger charge is -2.22. The molecular formula is C25H27ClN2O6S. The number of carboxylic acids is 1. The second-order valence-electron chi connectivity index (χ2n) is 9.06. The summed E-state index contributed by atoms with van der Waals surface area (Å²) in [5, 5.41) is 10.2. The van der Waals surface area contributed by atoms with Crippen molar-refractivity contribution in [1.82, 2.24) is 9.62 Å². The van der Waals surface area contributed by atoms with E-state index in [1.807, 2.05) is 12.1 Å². The highest BCUT2D eigenvalue weighted by Crippen LogP contribution is 2.35. The van der Waals surface area contributed by atoms with E-state index in [4.69, 9.17) is 11.6 Å². The molecule has 2 N–H and O–H groups in total. The van der Waals surface area contributed by atoms with Gasteiger partial charge in [-0.25, -0.2) is 8.42 Å². The van der Waals surface area contributed by atoms with Gasteiger partial charge in [-0.2, -0.15) is 4.72 Å². The molecule has 1 atom stereocenters. The van der Waals surface area contributed by atoms with Crippen LogP contribution >= 0.6 is 11.6 Å². The number of halogens is 1. The van der Waals surface area contributed by atoms with Crippen LogP contribution in [0, 0.1) is 11.8 Å². The average Bonchev–Trinajstić information content (AvgIpc) is 3.73. The van der Waals surface area contributed by atoms with E-state index in [0.717, 1.165) is 36.8 Å². The number of amides is 2. The maximum Gasteiger partial charge on any atom is 0.321 e. The fraction of sp³-hybridized carbons (Fsp3) is 0.400. The molecule has 0 saturated heterocycles. The highest BCUT2D eigenvalue weighted by molar-refractivity contribution is 7.89. The number of imide groups is 1. The van der Waals surface area contributed by atoms with Gasteiger partial charge in [0.15, 0.2) is 0 Å². The Hall–Kier alpha value is -2.75. The summed E-state index contributed by atoms with van der Waals surface area (Å²) in [5.74, 6) is -1.96. The molecule has 2 aromatic carbocycles. The number of nitrogens with zero attached hydrogens (tertiary/aromatic N) is 1. The molecule has 0 unspecified atom stereocenters. The summed E-state index contributed by atoms with van der Waals surface area (Å²) in [5.41, 5.74) is 1.65. The zero-order valence-corrected chi connectivity index (χ0v) is 20.6. The standard InChI is InChI=1S/C25H27ClN2O6S/c26-20-11-7-16(8-12-20)17-9-13-21(14-10-17)35(33,34)27-22(25(31)32)2-1-15-28(23(29)18-3-4-18)24(30)19-5-6-19/h7-14,18-19,22,27H,1-6,15H2,(H,31,32)/t22-/m0/s1. The van der Waals surface area contributed by atoms with Crippen LogP contribution in [0.4, 0.5) is 0 Å². The van der Waals surface area contributed by atoms with Crippen molar-refractivity contribution >= 4 is 39.4 Å². The summed E-state index contributed by atoms with van der Waals surface area (Å²) >= 11 is 5.90. The molecule has 0 bridgehead atoms. The van der Waals surface area contributed by atoms with Gasteiger partial charge >= 0.3 is 5.97 Å². The van der Waals surface area contributed by atoms with Crippen molar-refractivity contribution in [1.29, 1.82) is 0 Å². The van der Waals surface area contributed by atoms with E-state index in [0.29, 0.717) is 5.02 Å². The van der Waals surface area contributed by atoms with Crippen LogP contribution in [0.2, 0.25) is 5.02 Å². The quantitative estimate of drug-likeness (QED) is 0.437. The molecule has 0 aliphatic heterocycles. The lowest BCUT2D eigenvalue weighted by atomic mass is 10.1. The van der Waals surface area contributed by atoms with Crippen molar-refractivity contribution < 1.29 is 27.9 Å². The Labute approximate surface area is 209 Å². The lowest BCUT2D eigenvalue weighted by Crippen LogP contribution is -2.43. The van der Waals surface area contributed by atoms with Crippen molar-refractivity contribution in [2.45, 2.75) is 49.5 Å². The van der Waals surface area contributed by atoms with Gasteiger partial charge in [-0.3, -0.25) is 19.3 Å². The van der Waals surface area contributed by atoms with Crippen LogP contribution < -0.4 is 4.72 Å². The van der Waals surface area contributed by atoms with Crippen LogP contribution in [-0.2, 0) is 24.4 Å². The van der Waals surface area contributed by atoms with Crippen molar-refractivity contribution in [3.8, 4) is 11.1 Å². The van der Waals surface area contributed by atoms with Gasteiger partial charge < -0.3 is 5.11 Å². The molecule has 35 heavy (non-hydrogen) atoms. The molecule has 2 aromatic rings. The zero-order valence-electron chi connectivity index (χ0n) is 19.0. The molecule has 2 aliphatic rings. The molecule has 0 heterocycles. The van der Waals surface area contributed by atoms with E-state index in [1.165, 1.54) is 17.0 Å².